The van der Waals surface area contributed by atoms with Gasteiger partial charge >= 0.3 is 0 Å². The molecule has 0 heterocycles. The van der Waals surface area contributed by atoms with Crippen LogP contribution in [0.25, 0.3) is 0 Å². The zero-order chi connectivity index (χ0) is 17.0. The number of aliphatic hydroxyl groups is 1. The van der Waals surface area contributed by atoms with E-state index in [2.05, 4.69) is 0 Å². The van der Waals surface area contributed by atoms with Crippen LogP contribution in [0.3, 0.4) is 0 Å². The van der Waals surface area contributed by atoms with Crippen LogP contribution < -0.4 is 0 Å². The predicted octanol–water partition coefficient (Wildman–Crippen LogP) is 2.81. The smallest absolute Gasteiger partial charge is 0.275 e. The van der Waals surface area contributed by atoms with Gasteiger partial charge < -0.3 is 5.11 Å². The summed E-state index contributed by atoms with van der Waals surface area (Å²) in [7, 11) is 0. The Hall–Kier alpha value is -3.13. The highest BCUT2D eigenvalue weighted by Crippen LogP contribution is 2.28. The van der Waals surface area contributed by atoms with Crippen molar-refractivity contribution in [2.75, 3.05) is 0 Å². The molecule has 0 amide bonds. The molecule has 23 heavy (non-hydrogen) atoms. The van der Waals surface area contributed by atoms with E-state index in [4.69, 9.17) is 0 Å². The van der Waals surface area contributed by atoms with Crippen LogP contribution >= 0.6 is 0 Å². The van der Waals surface area contributed by atoms with Crippen molar-refractivity contribution < 1.29 is 19.7 Å². The second kappa shape index (κ2) is 6.75. The zero-order valence-corrected chi connectivity index (χ0v) is 11.8. The fraction of sp³-hybridized carbons (Fsp3) is 0.133. The maximum atomic E-state index is 12.1. The number of non-ortho nitro benzene ring substituents is 1. The topological polar surface area (TPSA) is 124 Å². The number of carbonyl (C=O) groups excluding carboxylic acids is 1. The molecule has 0 radical (unpaired) electrons. The van der Waals surface area contributed by atoms with Crippen molar-refractivity contribution in [3.05, 3.63) is 79.9 Å². The largest absolute Gasteiger partial charge is 0.388 e. The Morgan fingerprint density at radius 3 is 2.17 bits per heavy atom. The number of benzene rings is 2. The summed E-state index contributed by atoms with van der Waals surface area (Å²) in [5, 5.41) is 31.6. The second-order valence-corrected chi connectivity index (χ2v) is 4.76. The van der Waals surface area contributed by atoms with E-state index in [9.17, 15) is 30.1 Å². The Morgan fingerprint density at radius 2 is 1.61 bits per heavy atom. The van der Waals surface area contributed by atoms with Gasteiger partial charge in [0, 0.05) is 30.2 Å². The lowest BCUT2D eigenvalue weighted by atomic mass is 9.99. The monoisotopic (exact) mass is 316 g/mol. The Bertz CT molecular complexity index is 757. The Morgan fingerprint density at radius 1 is 1.00 bits per heavy atom. The van der Waals surface area contributed by atoms with Gasteiger partial charge in [0.25, 0.3) is 11.4 Å². The lowest BCUT2D eigenvalue weighted by Crippen LogP contribution is -2.09. The van der Waals surface area contributed by atoms with Gasteiger partial charge in [-0.25, -0.2) is 0 Å². The van der Waals surface area contributed by atoms with Crippen LogP contribution in [0.15, 0.2) is 48.5 Å². The lowest BCUT2D eigenvalue weighted by molar-refractivity contribution is -0.386. The van der Waals surface area contributed by atoms with Crippen LogP contribution in [0, 0.1) is 20.2 Å². The predicted molar refractivity (Wildman–Crippen MR) is 80.1 cm³/mol. The lowest BCUT2D eigenvalue weighted by Gasteiger charge is -2.10. The normalized spacial score (nSPS) is 11.7. The Balaban J connectivity index is 2.17. The molecule has 118 valence electrons. The van der Waals surface area contributed by atoms with Crippen molar-refractivity contribution in [2.24, 2.45) is 0 Å². The van der Waals surface area contributed by atoms with E-state index in [1.54, 1.807) is 0 Å². The number of nitro groups is 2. The summed E-state index contributed by atoms with van der Waals surface area (Å²) in [6.45, 7) is 0. The van der Waals surface area contributed by atoms with Crippen molar-refractivity contribution in [1.82, 2.24) is 0 Å². The number of rotatable bonds is 6. The first-order valence-corrected chi connectivity index (χ1v) is 6.59. The minimum absolute atomic E-state index is 0.0489. The molecule has 8 heteroatoms. The number of hydrogen-bond acceptors (Lipinski definition) is 6. The Labute approximate surface area is 130 Å². The number of ketones is 1. The molecule has 0 aliphatic heterocycles. The highest BCUT2D eigenvalue weighted by atomic mass is 16.6. The molecule has 0 saturated heterocycles. The SMILES string of the molecule is O=C(C[C@@H](O)c1ccccc1[N+](=O)[O-])c1ccc([N+](=O)[O-])cc1. The molecule has 0 spiro atoms. The highest BCUT2D eigenvalue weighted by molar-refractivity contribution is 5.96. The zero-order valence-electron chi connectivity index (χ0n) is 11.8. The number of carbonyl (C=O) groups is 1. The summed E-state index contributed by atoms with van der Waals surface area (Å²) in [4.78, 5) is 32.4. The number of Topliss-reactive ketones (excluding diaryl/α,β-unsaturated/α-hetero) is 1. The van der Waals surface area contributed by atoms with Gasteiger partial charge in [-0.15, -0.1) is 0 Å². The van der Waals surface area contributed by atoms with Crippen molar-refractivity contribution in [3.63, 3.8) is 0 Å². The van der Waals surface area contributed by atoms with Gasteiger partial charge in [-0.1, -0.05) is 12.1 Å². The maximum absolute atomic E-state index is 12.1. The third kappa shape index (κ3) is 3.74. The van der Waals surface area contributed by atoms with E-state index < -0.39 is 21.7 Å². The van der Waals surface area contributed by atoms with Crippen LogP contribution in [0.1, 0.15) is 28.4 Å². The fourth-order valence-electron chi connectivity index (χ4n) is 2.11. The fourth-order valence-corrected chi connectivity index (χ4v) is 2.11. The summed E-state index contributed by atoms with van der Waals surface area (Å²) >= 11 is 0. The first-order valence-electron chi connectivity index (χ1n) is 6.59. The third-order valence-electron chi connectivity index (χ3n) is 3.27. The first-order chi connectivity index (χ1) is 10.9. The summed E-state index contributed by atoms with van der Waals surface area (Å²) in [5.74, 6) is -0.467. The number of nitrogens with zero attached hydrogens (tertiary/aromatic N) is 2. The summed E-state index contributed by atoms with van der Waals surface area (Å²) in [6.07, 6.45) is -1.69. The van der Waals surface area contributed by atoms with Gasteiger partial charge in [0.2, 0.25) is 0 Å². The Kier molecular flexibility index (Phi) is 4.77. The number of para-hydroxylation sites is 1. The molecule has 2 aromatic carbocycles. The molecule has 0 fully saturated rings. The first kappa shape index (κ1) is 16.2. The van der Waals surface area contributed by atoms with Gasteiger partial charge in [-0.2, -0.15) is 0 Å². The maximum Gasteiger partial charge on any atom is 0.275 e. The average Bonchev–Trinajstić information content (AvgIpc) is 2.54. The quantitative estimate of drug-likeness (QED) is 0.496. The molecule has 0 bridgehead atoms. The third-order valence-corrected chi connectivity index (χ3v) is 3.27. The molecule has 0 aliphatic carbocycles. The summed E-state index contributed by atoms with van der Waals surface area (Å²) in [5.41, 5.74) is -0.182. The van der Waals surface area contributed by atoms with Gasteiger partial charge in [-0.3, -0.25) is 25.0 Å². The number of aliphatic hydroxyl groups excluding tert-OH is 1. The molecule has 8 nitrogen and oxygen atoms in total. The molecule has 2 rings (SSSR count). The van der Waals surface area contributed by atoms with Gasteiger partial charge in [0.15, 0.2) is 5.78 Å². The van der Waals surface area contributed by atoms with Crippen LogP contribution in [-0.4, -0.2) is 20.7 Å². The van der Waals surface area contributed by atoms with Crippen molar-refractivity contribution in [1.29, 1.82) is 0 Å². The van der Waals surface area contributed by atoms with Crippen molar-refractivity contribution in [3.8, 4) is 0 Å². The minimum atomic E-state index is -1.33. The average molecular weight is 316 g/mol. The van der Waals surface area contributed by atoms with E-state index in [1.807, 2.05) is 0 Å². The van der Waals surface area contributed by atoms with E-state index in [1.165, 1.54) is 48.5 Å². The highest BCUT2D eigenvalue weighted by Gasteiger charge is 2.22. The molecule has 2 aromatic rings. The van der Waals surface area contributed by atoms with Crippen molar-refractivity contribution >= 4 is 17.2 Å². The van der Waals surface area contributed by atoms with Gasteiger partial charge in [-0.05, 0) is 18.2 Å². The molecule has 1 atom stereocenters. The number of nitro benzene ring substituents is 2. The molecule has 0 saturated carbocycles. The van der Waals surface area contributed by atoms with Gasteiger partial charge in [0.05, 0.1) is 21.5 Å². The van der Waals surface area contributed by atoms with E-state index in [0.717, 1.165) is 0 Å². The molecular formula is C15H12N2O6. The summed E-state index contributed by atoms with van der Waals surface area (Å²) < 4.78 is 0. The number of hydrogen-bond donors (Lipinski definition) is 1. The van der Waals surface area contributed by atoms with Crippen LogP contribution in [0.2, 0.25) is 0 Å². The van der Waals surface area contributed by atoms with Crippen LogP contribution in [0.4, 0.5) is 11.4 Å². The second-order valence-electron chi connectivity index (χ2n) is 4.76. The van der Waals surface area contributed by atoms with Gasteiger partial charge in [0.1, 0.15) is 0 Å². The summed E-state index contributed by atoms with van der Waals surface area (Å²) in [6, 6.07) is 10.6. The van der Waals surface area contributed by atoms with Crippen LogP contribution in [0.5, 0.6) is 0 Å². The van der Waals surface area contributed by atoms with Crippen LogP contribution in [-0.2, 0) is 0 Å². The van der Waals surface area contributed by atoms with E-state index >= 15 is 0 Å². The van der Waals surface area contributed by atoms with E-state index in [0.29, 0.717) is 0 Å². The minimum Gasteiger partial charge on any atom is -0.388 e. The molecule has 0 aromatic heterocycles. The standard InChI is InChI=1S/C15H12N2O6/c18-14(10-5-7-11(8-6-10)16(20)21)9-15(19)12-3-1-2-4-13(12)17(22)23/h1-8,15,19H,9H2/t15-/m1/s1. The molecule has 1 N–H and O–H groups in total. The molecule has 0 unspecified atom stereocenters. The van der Waals surface area contributed by atoms with Crippen molar-refractivity contribution in [2.45, 2.75) is 12.5 Å². The molecular weight excluding hydrogens is 304 g/mol. The van der Waals surface area contributed by atoms with E-state index in [-0.39, 0.29) is 28.9 Å². The molecule has 0 aliphatic rings.